The molecule has 136 valence electrons. The summed E-state index contributed by atoms with van der Waals surface area (Å²) in [6.45, 7) is 2.13. The summed E-state index contributed by atoms with van der Waals surface area (Å²) in [4.78, 5) is 13.2. The third kappa shape index (κ3) is 3.76. The highest BCUT2D eigenvalue weighted by molar-refractivity contribution is 7.99. The summed E-state index contributed by atoms with van der Waals surface area (Å²) in [5, 5.41) is 7.96. The van der Waals surface area contributed by atoms with Crippen molar-refractivity contribution in [3.8, 4) is 11.4 Å². The van der Waals surface area contributed by atoms with E-state index < -0.39 is 5.82 Å². The SMILES string of the molecule is CCSc1cccc(-n2nnn(C)c2=O)c1COc1cc(F)ccc1Cl. The molecule has 0 unspecified atom stereocenters. The summed E-state index contributed by atoms with van der Waals surface area (Å²) in [5.74, 6) is 0.637. The Morgan fingerprint density at radius 3 is 2.77 bits per heavy atom. The van der Waals surface area contributed by atoms with Crippen molar-refractivity contribution in [1.29, 1.82) is 0 Å². The summed E-state index contributed by atoms with van der Waals surface area (Å²) >= 11 is 7.68. The van der Waals surface area contributed by atoms with Crippen molar-refractivity contribution in [3.63, 3.8) is 0 Å². The molecule has 0 radical (unpaired) electrons. The van der Waals surface area contributed by atoms with Gasteiger partial charge in [0.15, 0.2) is 0 Å². The van der Waals surface area contributed by atoms with Gasteiger partial charge < -0.3 is 4.74 Å². The van der Waals surface area contributed by atoms with Crippen LogP contribution in [0.3, 0.4) is 0 Å². The molecule has 0 saturated carbocycles. The molecule has 0 aliphatic heterocycles. The average Bonchev–Trinajstić information content (AvgIpc) is 2.95. The predicted molar refractivity (Wildman–Crippen MR) is 98.7 cm³/mol. The highest BCUT2D eigenvalue weighted by Crippen LogP contribution is 2.30. The van der Waals surface area contributed by atoms with Gasteiger partial charge in [-0.3, -0.25) is 0 Å². The minimum atomic E-state index is -0.439. The zero-order valence-electron chi connectivity index (χ0n) is 14.1. The van der Waals surface area contributed by atoms with Gasteiger partial charge in [0, 0.05) is 23.6 Å². The van der Waals surface area contributed by atoms with Crippen LogP contribution in [0.4, 0.5) is 4.39 Å². The zero-order valence-corrected chi connectivity index (χ0v) is 15.7. The highest BCUT2D eigenvalue weighted by atomic mass is 35.5. The number of benzene rings is 2. The van der Waals surface area contributed by atoms with E-state index in [0.717, 1.165) is 20.9 Å². The van der Waals surface area contributed by atoms with Crippen LogP contribution in [-0.2, 0) is 13.7 Å². The molecule has 0 amide bonds. The molecule has 1 aromatic heterocycles. The van der Waals surface area contributed by atoms with Crippen molar-refractivity contribution in [2.24, 2.45) is 7.05 Å². The van der Waals surface area contributed by atoms with E-state index in [0.29, 0.717) is 10.7 Å². The minimum Gasteiger partial charge on any atom is -0.487 e. The Morgan fingerprint density at radius 1 is 1.27 bits per heavy atom. The van der Waals surface area contributed by atoms with Gasteiger partial charge in [-0.25, -0.2) is 9.18 Å². The first kappa shape index (κ1) is 18.5. The molecule has 1 heterocycles. The van der Waals surface area contributed by atoms with Crippen LogP contribution in [0.5, 0.6) is 5.75 Å². The summed E-state index contributed by atoms with van der Waals surface area (Å²) in [7, 11) is 1.53. The van der Waals surface area contributed by atoms with Gasteiger partial charge in [-0.2, -0.15) is 9.36 Å². The first-order chi connectivity index (χ1) is 12.5. The van der Waals surface area contributed by atoms with Gasteiger partial charge in [-0.15, -0.1) is 11.8 Å². The van der Waals surface area contributed by atoms with E-state index in [1.165, 1.54) is 29.9 Å². The standard InChI is InChI=1S/C17H16ClFN4O2S/c1-3-26-16-6-4-5-14(23-17(24)22(2)20-21-23)12(16)10-25-15-9-11(19)7-8-13(15)18/h4-9H,3,10H2,1-2H3. The van der Waals surface area contributed by atoms with Crippen LogP contribution in [0.1, 0.15) is 12.5 Å². The van der Waals surface area contributed by atoms with Crippen LogP contribution in [0.25, 0.3) is 5.69 Å². The van der Waals surface area contributed by atoms with Crippen LogP contribution in [0.15, 0.2) is 46.1 Å². The van der Waals surface area contributed by atoms with Crippen molar-refractivity contribution in [1.82, 2.24) is 19.8 Å². The third-order valence-electron chi connectivity index (χ3n) is 3.62. The number of ether oxygens (including phenoxy) is 1. The van der Waals surface area contributed by atoms with Gasteiger partial charge >= 0.3 is 5.69 Å². The molecule has 0 aliphatic carbocycles. The Balaban J connectivity index is 2.02. The zero-order chi connectivity index (χ0) is 18.7. The van der Waals surface area contributed by atoms with Crippen LogP contribution >= 0.6 is 23.4 Å². The van der Waals surface area contributed by atoms with Gasteiger partial charge in [0.05, 0.1) is 10.7 Å². The van der Waals surface area contributed by atoms with Gasteiger partial charge in [-0.1, -0.05) is 24.6 Å². The van der Waals surface area contributed by atoms with Crippen LogP contribution in [0, 0.1) is 5.82 Å². The van der Waals surface area contributed by atoms with Gasteiger partial charge in [-0.05, 0) is 40.4 Å². The molecular weight excluding hydrogens is 379 g/mol. The maximum Gasteiger partial charge on any atom is 0.368 e. The fourth-order valence-electron chi connectivity index (χ4n) is 2.39. The van der Waals surface area contributed by atoms with Gasteiger partial charge in [0.2, 0.25) is 0 Å². The number of aryl methyl sites for hydroxylation is 1. The van der Waals surface area contributed by atoms with Crippen molar-refractivity contribution in [2.45, 2.75) is 18.4 Å². The Bertz CT molecular complexity index is 989. The first-order valence-corrected chi connectivity index (χ1v) is 9.19. The van der Waals surface area contributed by atoms with E-state index in [4.69, 9.17) is 16.3 Å². The molecule has 0 spiro atoms. The fraction of sp³-hybridized carbons (Fsp3) is 0.235. The second kappa shape index (κ2) is 7.92. The molecule has 0 aliphatic rings. The number of aromatic nitrogens is 4. The normalized spacial score (nSPS) is 10.9. The number of halogens is 2. The Kier molecular flexibility index (Phi) is 5.63. The largest absolute Gasteiger partial charge is 0.487 e. The summed E-state index contributed by atoms with van der Waals surface area (Å²) in [6.07, 6.45) is 0. The molecule has 0 atom stereocenters. The lowest BCUT2D eigenvalue weighted by Crippen LogP contribution is -2.23. The number of hydrogen-bond acceptors (Lipinski definition) is 5. The molecule has 3 aromatic rings. The number of thioether (sulfide) groups is 1. The summed E-state index contributed by atoms with van der Waals surface area (Å²) in [5.41, 5.74) is 0.949. The Labute approximate surface area is 158 Å². The van der Waals surface area contributed by atoms with Gasteiger partial charge in [0.25, 0.3) is 0 Å². The average molecular weight is 395 g/mol. The number of nitrogens with zero attached hydrogens (tertiary/aromatic N) is 4. The lowest BCUT2D eigenvalue weighted by molar-refractivity contribution is 0.301. The lowest BCUT2D eigenvalue weighted by atomic mass is 10.2. The second-order valence-electron chi connectivity index (χ2n) is 5.35. The molecule has 26 heavy (non-hydrogen) atoms. The topological polar surface area (TPSA) is 61.9 Å². The van der Waals surface area contributed by atoms with E-state index in [-0.39, 0.29) is 18.0 Å². The third-order valence-corrected chi connectivity index (χ3v) is 4.92. The van der Waals surface area contributed by atoms with E-state index in [1.54, 1.807) is 17.8 Å². The second-order valence-corrected chi connectivity index (χ2v) is 7.06. The van der Waals surface area contributed by atoms with Crippen LogP contribution < -0.4 is 10.4 Å². The van der Waals surface area contributed by atoms with Crippen LogP contribution in [-0.4, -0.2) is 25.5 Å². The van der Waals surface area contributed by atoms with Crippen molar-refractivity contribution in [3.05, 3.63) is 63.3 Å². The molecule has 0 N–H and O–H groups in total. The van der Waals surface area contributed by atoms with Gasteiger partial charge in [0.1, 0.15) is 18.2 Å². The van der Waals surface area contributed by atoms with E-state index in [9.17, 15) is 9.18 Å². The Morgan fingerprint density at radius 2 is 2.08 bits per heavy atom. The van der Waals surface area contributed by atoms with E-state index >= 15 is 0 Å². The molecule has 6 nitrogen and oxygen atoms in total. The molecule has 0 fully saturated rings. The monoisotopic (exact) mass is 394 g/mol. The molecule has 0 saturated heterocycles. The highest BCUT2D eigenvalue weighted by Gasteiger charge is 2.16. The quantitative estimate of drug-likeness (QED) is 0.599. The van der Waals surface area contributed by atoms with Crippen molar-refractivity contribution >= 4 is 23.4 Å². The maximum atomic E-state index is 13.5. The molecule has 2 aromatic carbocycles. The molecule has 9 heteroatoms. The molecular formula is C17H16ClFN4O2S. The van der Waals surface area contributed by atoms with Crippen LogP contribution in [0.2, 0.25) is 5.02 Å². The lowest BCUT2D eigenvalue weighted by Gasteiger charge is -2.15. The first-order valence-electron chi connectivity index (χ1n) is 7.83. The molecule has 3 rings (SSSR count). The van der Waals surface area contributed by atoms with E-state index in [2.05, 4.69) is 10.4 Å². The van der Waals surface area contributed by atoms with E-state index in [1.807, 2.05) is 19.1 Å². The fourth-order valence-corrected chi connectivity index (χ4v) is 3.39. The van der Waals surface area contributed by atoms with Crippen molar-refractivity contribution in [2.75, 3.05) is 5.75 Å². The minimum absolute atomic E-state index is 0.102. The smallest absolute Gasteiger partial charge is 0.368 e. The predicted octanol–water partition coefficient (Wildman–Crippen LogP) is 3.45. The summed E-state index contributed by atoms with van der Waals surface area (Å²) in [6, 6.07) is 9.47. The number of hydrogen-bond donors (Lipinski definition) is 0. The molecule has 0 bridgehead atoms. The maximum absolute atomic E-state index is 13.5. The number of rotatable bonds is 6. The van der Waals surface area contributed by atoms with Crippen molar-refractivity contribution < 1.29 is 9.13 Å². The summed E-state index contributed by atoms with van der Waals surface area (Å²) < 4.78 is 21.6. The Hall–Kier alpha value is -2.32. The number of tetrazole rings is 1.